The van der Waals surface area contributed by atoms with Crippen LogP contribution < -0.4 is 10.2 Å². The number of aromatic nitrogens is 4. The van der Waals surface area contributed by atoms with Crippen LogP contribution in [-0.4, -0.2) is 83.4 Å². The summed E-state index contributed by atoms with van der Waals surface area (Å²) in [5.41, 5.74) is 0.534. The molecule has 2 saturated heterocycles. The lowest BCUT2D eigenvalue weighted by Gasteiger charge is -2.43. The number of nitrogens with zero attached hydrogens (tertiary/aromatic N) is 6. The number of anilines is 1. The third kappa shape index (κ3) is 4.58. The van der Waals surface area contributed by atoms with Crippen LogP contribution in [0.2, 0.25) is 0 Å². The lowest BCUT2D eigenvalue weighted by Crippen LogP contribution is -2.56. The van der Waals surface area contributed by atoms with Crippen molar-refractivity contribution in [2.45, 2.75) is 19.8 Å². The fraction of sp³-hybridized carbons (Fsp3) is 0.667. The number of amides is 1. The van der Waals surface area contributed by atoms with E-state index in [1.165, 1.54) is 6.33 Å². The number of fused-ring (bicyclic) bond motifs is 1. The fourth-order valence-electron chi connectivity index (χ4n) is 4.21. The van der Waals surface area contributed by atoms with Gasteiger partial charge in [0.05, 0.1) is 12.0 Å². The van der Waals surface area contributed by atoms with Gasteiger partial charge in [0, 0.05) is 45.0 Å². The van der Waals surface area contributed by atoms with Crippen LogP contribution in [0.15, 0.2) is 12.4 Å². The first kappa shape index (κ1) is 23.6. The average molecular weight is 446 g/mol. The van der Waals surface area contributed by atoms with Crippen LogP contribution in [0.5, 0.6) is 0 Å². The van der Waals surface area contributed by atoms with Gasteiger partial charge in [0.1, 0.15) is 12.1 Å². The molecule has 0 aliphatic carbocycles. The minimum Gasteiger partial charge on any atom is -0.384 e. The van der Waals surface area contributed by atoms with Crippen LogP contribution in [0, 0.1) is 12.3 Å². The lowest BCUT2D eigenvalue weighted by atomic mass is 9.78. The van der Waals surface area contributed by atoms with Gasteiger partial charge in [-0.2, -0.15) is 14.6 Å². The lowest BCUT2D eigenvalue weighted by molar-refractivity contribution is -0.147. The van der Waals surface area contributed by atoms with E-state index in [0.29, 0.717) is 25.5 Å². The summed E-state index contributed by atoms with van der Waals surface area (Å²) < 4.78 is 7.20. The molecule has 4 rings (SSSR count). The van der Waals surface area contributed by atoms with Crippen LogP contribution >= 0.6 is 24.8 Å². The molecule has 2 aromatic heterocycles. The molecular weight excluding hydrogens is 417 g/mol. The molecule has 2 aliphatic rings. The first-order valence-corrected chi connectivity index (χ1v) is 9.54. The highest BCUT2D eigenvalue weighted by Crippen LogP contribution is 2.32. The van der Waals surface area contributed by atoms with Crippen molar-refractivity contribution >= 4 is 42.3 Å². The minimum absolute atomic E-state index is 0. The van der Waals surface area contributed by atoms with Crippen LogP contribution in [0.3, 0.4) is 0 Å². The van der Waals surface area contributed by atoms with Gasteiger partial charge in [-0.1, -0.05) is 0 Å². The van der Waals surface area contributed by atoms with E-state index < -0.39 is 0 Å². The Balaban J connectivity index is 0.00000150. The van der Waals surface area contributed by atoms with Crippen LogP contribution in [0.1, 0.15) is 18.5 Å². The molecule has 0 unspecified atom stereocenters. The van der Waals surface area contributed by atoms with Crippen molar-refractivity contribution < 1.29 is 9.53 Å². The van der Waals surface area contributed by atoms with Crippen LogP contribution in [0.4, 0.5) is 5.82 Å². The SMILES string of the molecule is COCC1(C(=O)N2CCN(c3cc(C)nc4ncnn34)CC2)CCNCC1.Cl.Cl. The molecule has 11 heteroatoms. The zero-order valence-corrected chi connectivity index (χ0v) is 18.5. The Bertz CT molecular complexity index is 812. The number of piperazine rings is 1. The molecule has 4 heterocycles. The summed E-state index contributed by atoms with van der Waals surface area (Å²) in [5, 5.41) is 7.64. The second-order valence-corrected chi connectivity index (χ2v) is 7.47. The molecule has 29 heavy (non-hydrogen) atoms. The summed E-state index contributed by atoms with van der Waals surface area (Å²) in [7, 11) is 1.68. The number of carbonyl (C=O) groups excluding carboxylic acids is 1. The summed E-state index contributed by atoms with van der Waals surface area (Å²) in [6, 6.07) is 2.03. The van der Waals surface area contributed by atoms with Crippen molar-refractivity contribution in [1.82, 2.24) is 29.8 Å². The number of methoxy groups -OCH3 is 1. The molecule has 162 valence electrons. The van der Waals surface area contributed by atoms with Gasteiger partial charge in [0.25, 0.3) is 5.78 Å². The average Bonchev–Trinajstić information content (AvgIpc) is 3.16. The predicted molar refractivity (Wildman–Crippen MR) is 115 cm³/mol. The Labute approximate surface area is 183 Å². The maximum atomic E-state index is 13.3. The molecule has 2 aromatic rings. The summed E-state index contributed by atoms with van der Waals surface area (Å²) in [6.45, 7) is 7.15. The summed E-state index contributed by atoms with van der Waals surface area (Å²) in [4.78, 5) is 26.2. The number of aryl methyl sites for hydroxylation is 1. The monoisotopic (exact) mass is 445 g/mol. The third-order valence-electron chi connectivity index (χ3n) is 5.69. The third-order valence-corrected chi connectivity index (χ3v) is 5.69. The second kappa shape index (κ2) is 9.88. The van der Waals surface area contributed by atoms with Gasteiger partial charge in [-0.05, 0) is 32.9 Å². The highest BCUT2D eigenvalue weighted by molar-refractivity contribution is 5.85. The Morgan fingerprint density at radius 1 is 1.21 bits per heavy atom. The van der Waals surface area contributed by atoms with Gasteiger partial charge < -0.3 is 19.9 Å². The Morgan fingerprint density at radius 2 is 1.90 bits per heavy atom. The van der Waals surface area contributed by atoms with Crippen molar-refractivity contribution in [3.63, 3.8) is 0 Å². The zero-order valence-electron chi connectivity index (χ0n) is 16.8. The first-order valence-electron chi connectivity index (χ1n) is 9.54. The van der Waals surface area contributed by atoms with Crippen molar-refractivity contribution in [2.75, 3.05) is 57.9 Å². The van der Waals surface area contributed by atoms with E-state index in [2.05, 4.69) is 25.3 Å². The fourth-order valence-corrected chi connectivity index (χ4v) is 4.21. The summed E-state index contributed by atoms with van der Waals surface area (Å²) >= 11 is 0. The molecule has 0 bridgehead atoms. The summed E-state index contributed by atoms with van der Waals surface area (Å²) in [5.74, 6) is 1.83. The molecule has 0 spiro atoms. The molecule has 0 aromatic carbocycles. The highest BCUT2D eigenvalue weighted by Gasteiger charge is 2.42. The maximum absolute atomic E-state index is 13.3. The standard InChI is InChI=1S/C18H27N7O2.2ClH/c1-14-11-15(25-17(22-14)20-13-21-25)23-7-9-24(10-8-23)16(26)18(12-27-2)3-5-19-6-4-18;;/h11,13,19H,3-10,12H2,1-2H3;2*1H. The van der Waals surface area contributed by atoms with Gasteiger partial charge in [0.15, 0.2) is 0 Å². The molecule has 0 saturated carbocycles. The van der Waals surface area contributed by atoms with Gasteiger partial charge >= 0.3 is 0 Å². The molecule has 2 aliphatic heterocycles. The number of carbonyl (C=O) groups is 1. The number of ether oxygens (including phenoxy) is 1. The molecule has 0 radical (unpaired) electrons. The Hall–Kier alpha value is -1.68. The molecule has 1 amide bonds. The van der Waals surface area contributed by atoms with Crippen LogP contribution in [0.25, 0.3) is 5.78 Å². The van der Waals surface area contributed by atoms with E-state index in [0.717, 1.165) is 50.5 Å². The van der Waals surface area contributed by atoms with Crippen molar-refractivity contribution in [2.24, 2.45) is 5.41 Å². The van der Waals surface area contributed by atoms with Crippen molar-refractivity contribution in [3.8, 4) is 0 Å². The van der Waals surface area contributed by atoms with Crippen LogP contribution in [-0.2, 0) is 9.53 Å². The first-order chi connectivity index (χ1) is 13.1. The predicted octanol–water partition coefficient (Wildman–Crippen LogP) is 0.941. The number of hydrogen-bond acceptors (Lipinski definition) is 7. The smallest absolute Gasteiger partial charge is 0.254 e. The molecule has 2 fully saturated rings. The van der Waals surface area contributed by atoms with E-state index in [1.807, 2.05) is 17.9 Å². The van der Waals surface area contributed by atoms with Gasteiger partial charge in [-0.3, -0.25) is 4.79 Å². The number of halogens is 2. The van der Waals surface area contributed by atoms with E-state index in [4.69, 9.17) is 4.74 Å². The topological polar surface area (TPSA) is 87.9 Å². The minimum atomic E-state index is -0.380. The van der Waals surface area contributed by atoms with E-state index >= 15 is 0 Å². The van der Waals surface area contributed by atoms with E-state index in [1.54, 1.807) is 11.6 Å². The number of piperidine rings is 1. The van der Waals surface area contributed by atoms with E-state index in [9.17, 15) is 4.79 Å². The highest BCUT2D eigenvalue weighted by atomic mass is 35.5. The zero-order chi connectivity index (χ0) is 18.9. The summed E-state index contributed by atoms with van der Waals surface area (Å²) in [6.07, 6.45) is 3.20. The van der Waals surface area contributed by atoms with Gasteiger partial charge in [-0.25, -0.2) is 4.98 Å². The largest absolute Gasteiger partial charge is 0.384 e. The molecular formula is C18H29Cl2N7O2. The normalized spacial score (nSPS) is 18.8. The molecule has 1 N–H and O–H groups in total. The van der Waals surface area contributed by atoms with Crippen molar-refractivity contribution in [1.29, 1.82) is 0 Å². The number of hydrogen-bond donors (Lipinski definition) is 1. The second-order valence-electron chi connectivity index (χ2n) is 7.47. The van der Waals surface area contributed by atoms with Crippen molar-refractivity contribution in [3.05, 3.63) is 18.1 Å². The Kier molecular flexibility index (Phi) is 8.04. The quantitative estimate of drug-likeness (QED) is 0.748. The number of rotatable bonds is 4. The van der Waals surface area contributed by atoms with Gasteiger partial charge in [-0.15, -0.1) is 24.8 Å². The molecule has 9 nitrogen and oxygen atoms in total. The number of nitrogens with one attached hydrogen (secondary N) is 1. The molecule has 0 atom stereocenters. The maximum Gasteiger partial charge on any atom is 0.254 e. The van der Waals surface area contributed by atoms with E-state index in [-0.39, 0.29) is 36.1 Å². The Morgan fingerprint density at radius 3 is 2.55 bits per heavy atom. The van der Waals surface area contributed by atoms with Gasteiger partial charge in [0.2, 0.25) is 5.91 Å².